The molecule has 1 aromatic rings. The molecule has 1 aromatic carbocycles. The molecule has 0 spiro atoms. The summed E-state index contributed by atoms with van der Waals surface area (Å²) in [7, 11) is 0. The fourth-order valence-corrected chi connectivity index (χ4v) is 0.723. The molecule has 0 aliphatic carbocycles. The highest BCUT2D eigenvalue weighted by atomic mass is 19.1. The summed E-state index contributed by atoms with van der Waals surface area (Å²) in [4.78, 5) is 18.2. The summed E-state index contributed by atoms with van der Waals surface area (Å²) in [6, 6.07) is 3.59. The molecule has 0 aliphatic rings. The van der Waals surface area contributed by atoms with E-state index in [-0.39, 0.29) is 0 Å². The number of nitro groups is 2. The monoisotopic (exact) mass is 185 g/mol. The van der Waals surface area contributed by atoms with Gasteiger partial charge in [0.15, 0.2) is 0 Å². The van der Waals surface area contributed by atoms with Crippen LogP contribution in [-0.4, -0.2) is 9.85 Å². The molecule has 0 N–H and O–H groups in total. The minimum Gasteiger partial charge on any atom is -0.258 e. The maximum atomic E-state index is 12.9. The Hall–Kier alpha value is -2.05. The van der Waals surface area contributed by atoms with Crippen LogP contribution in [0.25, 0.3) is 0 Å². The van der Waals surface area contributed by atoms with Crippen LogP contribution in [0.1, 0.15) is 0 Å². The summed E-state index contributed by atoms with van der Waals surface area (Å²) < 4.78 is 12.9. The lowest BCUT2D eigenvalue weighted by Crippen LogP contribution is -1.97. The van der Waals surface area contributed by atoms with Gasteiger partial charge < -0.3 is 0 Å². The third kappa shape index (κ3) is 1.58. The second kappa shape index (κ2) is 3.13. The summed E-state index contributed by atoms with van der Waals surface area (Å²) in [6.07, 6.45) is 0. The Morgan fingerprint density at radius 1 is 1.15 bits per heavy atom. The quantitative estimate of drug-likeness (QED) is 0.515. The van der Waals surface area contributed by atoms with Gasteiger partial charge in [-0.1, -0.05) is 0 Å². The molecule has 0 amide bonds. The van der Waals surface area contributed by atoms with Crippen LogP contribution >= 0.6 is 0 Å². The molecule has 1 rings (SSSR count). The van der Waals surface area contributed by atoms with Crippen molar-refractivity contribution in [3.63, 3.8) is 0 Å². The first-order valence-corrected chi connectivity index (χ1v) is 3.02. The Morgan fingerprint density at radius 2 is 1.54 bits per heavy atom. The van der Waals surface area contributed by atoms with E-state index < -0.39 is 27.0 Å². The van der Waals surface area contributed by atoms with Crippen LogP contribution in [0.4, 0.5) is 15.8 Å². The zero-order valence-electron chi connectivity index (χ0n) is 6.06. The molecule has 0 aliphatic heterocycles. The van der Waals surface area contributed by atoms with Crippen molar-refractivity contribution < 1.29 is 14.2 Å². The van der Waals surface area contributed by atoms with Crippen LogP contribution < -0.4 is 0 Å². The van der Waals surface area contributed by atoms with E-state index >= 15 is 0 Å². The molecule has 7 heteroatoms. The van der Waals surface area contributed by atoms with Crippen LogP contribution in [0.15, 0.2) is 12.1 Å². The van der Waals surface area contributed by atoms with Crippen molar-refractivity contribution in [3.05, 3.63) is 44.2 Å². The van der Waals surface area contributed by atoms with Gasteiger partial charge in [0.2, 0.25) is 0 Å². The topological polar surface area (TPSA) is 86.3 Å². The zero-order chi connectivity index (χ0) is 10.0. The van der Waals surface area contributed by atoms with E-state index in [0.29, 0.717) is 0 Å². The molecule has 0 unspecified atom stereocenters. The predicted molar refractivity (Wildman–Crippen MR) is 38.5 cm³/mol. The third-order valence-corrected chi connectivity index (χ3v) is 1.28. The van der Waals surface area contributed by atoms with Crippen LogP contribution in [0.2, 0.25) is 0 Å². The lowest BCUT2D eigenvalue weighted by atomic mass is 10.3. The van der Waals surface area contributed by atoms with E-state index in [0.717, 1.165) is 12.1 Å². The van der Waals surface area contributed by atoms with E-state index in [2.05, 4.69) is 6.07 Å². The number of halogens is 1. The van der Waals surface area contributed by atoms with Gasteiger partial charge in [0.25, 0.3) is 5.82 Å². The van der Waals surface area contributed by atoms with E-state index in [1.165, 1.54) is 0 Å². The highest BCUT2D eigenvalue weighted by Crippen LogP contribution is 2.24. The van der Waals surface area contributed by atoms with Gasteiger partial charge in [-0.2, -0.15) is 4.39 Å². The smallest absolute Gasteiger partial charge is 0.258 e. The maximum Gasteiger partial charge on any atom is 0.312 e. The van der Waals surface area contributed by atoms with Crippen LogP contribution in [0, 0.1) is 32.1 Å². The normalized spacial score (nSPS) is 9.62. The van der Waals surface area contributed by atoms with Gasteiger partial charge in [0.1, 0.15) is 0 Å². The third-order valence-electron chi connectivity index (χ3n) is 1.28. The van der Waals surface area contributed by atoms with E-state index in [1.807, 2.05) is 0 Å². The molecular weight excluding hydrogens is 183 g/mol. The molecule has 13 heavy (non-hydrogen) atoms. The summed E-state index contributed by atoms with van der Waals surface area (Å²) in [5.41, 5.74) is -1.90. The Balaban J connectivity index is 3.35. The average Bonchev–Trinajstić information content (AvgIpc) is 2.03. The Bertz CT molecular complexity index is 347. The van der Waals surface area contributed by atoms with E-state index in [4.69, 9.17) is 0 Å². The number of nitro benzene ring substituents is 2. The van der Waals surface area contributed by atoms with Crippen LogP contribution in [0.5, 0.6) is 0 Å². The maximum absolute atomic E-state index is 12.9. The molecule has 67 valence electrons. The SMILES string of the molecule is O=[N+]([O-])c1c[c]cc([N+](=O)[O-])c1F. The molecule has 0 saturated heterocycles. The van der Waals surface area contributed by atoms with Gasteiger partial charge >= 0.3 is 11.4 Å². The van der Waals surface area contributed by atoms with Crippen LogP contribution in [-0.2, 0) is 0 Å². The fraction of sp³-hybridized carbons (Fsp3) is 0. The van der Waals surface area contributed by atoms with Gasteiger partial charge in [-0.3, -0.25) is 20.2 Å². The van der Waals surface area contributed by atoms with Gasteiger partial charge in [0, 0.05) is 12.1 Å². The number of hydrogen-bond acceptors (Lipinski definition) is 4. The van der Waals surface area contributed by atoms with Crippen molar-refractivity contribution in [2.45, 2.75) is 0 Å². The standard InChI is InChI=1S/C6H2FN2O4/c7-6-4(8(10)11)2-1-3-5(6)9(12)13/h2-3H. The zero-order valence-corrected chi connectivity index (χ0v) is 6.06. The van der Waals surface area contributed by atoms with Crippen molar-refractivity contribution >= 4 is 11.4 Å². The van der Waals surface area contributed by atoms with Crippen LogP contribution in [0.3, 0.4) is 0 Å². The summed E-state index contributed by atoms with van der Waals surface area (Å²) >= 11 is 0. The molecule has 0 saturated carbocycles. The molecule has 0 heterocycles. The summed E-state index contributed by atoms with van der Waals surface area (Å²) in [6.45, 7) is 0. The lowest BCUT2D eigenvalue weighted by Gasteiger charge is -1.93. The number of rotatable bonds is 2. The summed E-state index contributed by atoms with van der Waals surface area (Å²) in [5.74, 6) is -1.45. The van der Waals surface area contributed by atoms with E-state index in [1.54, 1.807) is 0 Å². The first-order chi connectivity index (χ1) is 6.04. The minimum absolute atomic E-state index is 0.738. The first kappa shape index (κ1) is 9.04. The van der Waals surface area contributed by atoms with Crippen molar-refractivity contribution in [1.29, 1.82) is 0 Å². The van der Waals surface area contributed by atoms with Gasteiger partial charge in [0.05, 0.1) is 9.85 Å². The molecular formula is C6H2FN2O4. The average molecular weight is 185 g/mol. The lowest BCUT2D eigenvalue weighted by molar-refractivity contribution is -0.399. The molecule has 0 aromatic heterocycles. The summed E-state index contributed by atoms with van der Waals surface area (Å²) in [5, 5.41) is 20.2. The number of benzene rings is 1. The molecule has 0 atom stereocenters. The van der Waals surface area contributed by atoms with Gasteiger partial charge in [-0.05, 0) is 6.07 Å². The van der Waals surface area contributed by atoms with Crippen molar-refractivity contribution in [2.24, 2.45) is 0 Å². The largest absolute Gasteiger partial charge is 0.312 e. The Morgan fingerprint density at radius 3 is 1.85 bits per heavy atom. The van der Waals surface area contributed by atoms with E-state index in [9.17, 15) is 24.6 Å². The second-order valence-corrected chi connectivity index (χ2v) is 2.05. The first-order valence-electron chi connectivity index (χ1n) is 3.02. The fourth-order valence-electron chi connectivity index (χ4n) is 0.723. The number of nitrogens with zero attached hydrogens (tertiary/aromatic N) is 2. The van der Waals surface area contributed by atoms with Gasteiger partial charge in [-0.15, -0.1) is 0 Å². The molecule has 1 radical (unpaired) electrons. The molecule has 0 fully saturated rings. The van der Waals surface area contributed by atoms with Gasteiger partial charge in [-0.25, -0.2) is 0 Å². The molecule has 6 nitrogen and oxygen atoms in total. The van der Waals surface area contributed by atoms with Crippen molar-refractivity contribution in [2.75, 3.05) is 0 Å². The molecule has 0 bridgehead atoms. The van der Waals surface area contributed by atoms with Crippen molar-refractivity contribution in [1.82, 2.24) is 0 Å². The Kier molecular flexibility index (Phi) is 2.18. The van der Waals surface area contributed by atoms with Crippen molar-refractivity contribution in [3.8, 4) is 0 Å². The highest BCUT2D eigenvalue weighted by molar-refractivity contribution is 5.44. The predicted octanol–water partition coefficient (Wildman–Crippen LogP) is 1.44. The second-order valence-electron chi connectivity index (χ2n) is 2.05. The minimum atomic E-state index is -1.45. The number of hydrogen-bond donors (Lipinski definition) is 0. The highest BCUT2D eigenvalue weighted by Gasteiger charge is 2.24. The Labute approximate surface area is 70.9 Å².